The molecular weight excluding hydrogens is 491 g/mol. The van der Waals surface area contributed by atoms with E-state index < -0.39 is 6.09 Å². The Morgan fingerprint density at radius 3 is 2.49 bits per heavy atom. The predicted octanol–water partition coefficient (Wildman–Crippen LogP) is 4.75. The standard InChI is InChI=1S/C25H20Cl2N4O4/c1-4-35-25(34)31-12-21(32)22(28-31)13-5-8-20-16(9-13)17-11-18(15-7-6-14(26)10-19(15)27)24(33)30(3)23(17)29(20)2/h5-11H,4,12H2,1-3H3. The fourth-order valence-corrected chi connectivity index (χ4v) is 4.99. The lowest BCUT2D eigenvalue weighted by Gasteiger charge is -2.09. The Balaban J connectivity index is 1.72. The second-order valence-electron chi connectivity index (χ2n) is 8.20. The molecule has 0 spiro atoms. The van der Waals surface area contributed by atoms with Crippen LogP contribution in [0.4, 0.5) is 4.79 Å². The number of hydrogen-bond acceptors (Lipinski definition) is 5. The number of carbonyl (C=O) groups excluding carboxylic acids is 2. The van der Waals surface area contributed by atoms with Crippen LogP contribution in [0, 0.1) is 0 Å². The molecule has 0 aliphatic carbocycles. The number of nitrogens with zero attached hydrogens (tertiary/aromatic N) is 4. The number of halogens is 2. The largest absolute Gasteiger partial charge is 0.448 e. The molecule has 0 bridgehead atoms. The normalized spacial score (nSPS) is 13.7. The first-order chi connectivity index (χ1) is 16.7. The molecule has 35 heavy (non-hydrogen) atoms. The number of aryl methyl sites for hydroxylation is 2. The molecule has 10 heteroatoms. The maximum atomic E-state index is 13.3. The van der Waals surface area contributed by atoms with Crippen molar-refractivity contribution in [2.75, 3.05) is 13.2 Å². The van der Waals surface area contributed by atoms with Crippen LogP contribution in [0.5, 0.6) is 0 Å². The average molecular weight is 511 g/mol. The third kappa shape index (κ3) is 3.69. The van der Waals surface area contributed by atoms with Gasteiger partial charge in [-0.25, -0.2) is 4.79 Å². The number of hydrogen-bond donors (Lipinski definition) is 0. The van der Waals surface area contributed by atoms with E-state index in [1.54, 1.807) is 42.8 Å². The molecule has 0 radical (unpaired) electrons. The van der Waals surface area contributed by atoms with E-state index in [2.05, 4.69) is 5.10 Å². The summed E-state index contributed by atoms with van der Waals surface area (Å²) in [6.07, 6.45) is -0.665. The Labute approximate surface area is 209 Å². The summed E-state index contributed by atoms with van der Waals surface area (Å²) in [5.41, 5.74) is 3.14. The molecule has 5 rings (SSSR count). The van der Waals surface area contributed by atoms with E-state index in [0.717, 1.165) is 21.3 Å². The molecule has 0 N–H and O–H groups in total. The van der Waals surface area contributed by atoms with Crippen molar-refractivity contribution in [3.8, 4) is 11.1 Å². The SMILES string of the molecule is CCOC(=O)N1CC(=O)C(c2ccc3c(c2)c2cc(-c4ccc(Cl)cc4Cl)c(=O)n(C)c2n3C)=N1. The molecule has 0 saturated carbocycles. The van der Waals surface area contributed by atoms with Crippen LogP contribution in [0.15, 0.2) is 52.4 Å². The number of ketones is 1. The van der Waals surface area contributed by atoms with Crippen molar-refractivity contribution in [2.45, 2.75) is 6.92 Å². The number of hydrazone groups is 1. The molecule has 178 valence electrons. The van der Waals surface area contributed by atoms with Crippen molar-refractivity contribution in [3.63, 3.8) is 0 Å². The molecule has 1 amide bonds. The van der Waals surface area contributed by atoms with Crippen LogP contribution < -0.4 is 5.56 Å². The van der Waals surface area contributed by atoms with Crippen LogP contribution in [-0.2, 0) is 23.6 Å². The minimum Gasteiger partial charge on any atom is -0.448 e. The van der Waals surface area contributed by atoms with Gasteiger partial charge in [0.1, 0.15) is 17.9 Å². The number of carbonyl (C=O) groups is 2. The summed E-state index contributed by atoms with van der Waals surface area (Å²) < 4.78 is 8.46. The Hall–Kier alpha value is -3.62. The molecule has 0 unspecified atom stereocenters. The van der Waals surface area contributed by atoms with E-state index in [9.17, 15) is 14.4 Å². The minimum atomic E-state index is -0.665. The van der Waals surface area contributed by atoms with E-state index in [1.807, 2.05) is 29.8 Å². The minimum absolute atomic E-state index is 0.171. The lowest BCUT2D eigenvalue weighted by molar-refractivity contribution is -0.112. The van der Waals surface area contributed by atoms with Gasteiger partial charge in [-0.3, -0.25) is 14.2 Å². The second kappa shape index (κ2) is 8.55. The fraction of sp³-hybridized carbons (Fsp3) is 0.200. The molecular formula is C25H20Cl2N4O4. The molecule has 1 aliphatic rings. The van der Waals surface area contributed by atoms with Gasteiger partial charge in [0.15, 0.2) is 0 Å². The van der Waals surface area contributed by atoms with E-state index in [1.165, 1.54) is 0 Å². The number of fused-ring (bicyclic) bond motifs is 3. The summed E-state index contributed by atoms with van der Waals surface area (Å²) in [6, 6.07) is 12.3. The van der Waals surface area contributed by atoms with Crippen molar-refractivity contribution < 1.29 is 14.3 Å². The highest BCUT2D eigenvalue weighted by atomic mass is 35.5. The van der Waals surface area contributed by atoms with Gasteiger partial charge in [0, 0.05) is 46.6 Å². The first-order valence-electron chi connectivity index (χ1n) is 10.8. The third-order valence-corrected chi connectivity index (χ3v) is 6.65. The molecule has 2 aromatic carbocycles. The highest BCUT2D eigenvalue weighted by Crippen LogP contribution is 2.34. The Morgan fingerprint density at radius 2 is 1.77 bits per heavy atom. The number of ether oxygens (including phenoxy) is 1. The highest BCUT2D eigenvalue weighted by molar-refractivity contribution is 6.48. The number of benzene rings is 2. The van der Waals surface area contributed by atoms with Crippen LogP contribution in [0.3, 0.4) is 0 Å². The Morgan fingerprint density at radius 1 is 1.00 bits per heavy atom. The van der Waals surface area contributed by atoms with Crippen LogP contribution in [-0.4, -0.2) is 44.9 Å². The van der Waals surface area contributed by atoms with Crippen molar-refractivity contribution in [1.82, 2.24) is 14.1 Å². The summed E-state index contributed by atoms with van der Waals surface area (Å²) in [4.78, 5) is 37.9. The van der Waals surface area contributed by atoms with E-state index in [0.29, 0.717) is 32.4 Å². The van der Waals surface area contributed by atoms with Crippen LogP contribution in [0.25, 0.3) is 33.1 Å². The topological polar surface area (TPSA) is 85.9 Å². The van der Waals surface area contributed by atoms with Gasteiger partial charge in [-0.05, 0) is 37.3 Å². The van der Waals surface area contributed by atoms with Crippen LogP contribution in [0.2, 0.25) is 10.0 Å². The maximum absolute atomic E-state index is 13.3. The predicted molar refractivity (Wildman–Crippen MR) is 136 cm³/mol. The monoisotopic (exact) mass is 510 g/mol. The molecule has 8 nitrogen and oxygen atoms in total. The quantitative estimate of drug-likeness (QED) is 0.398. The van der Waals surface area contributed by atoms with Gasteiger partial charge in [-0.15, -0.1) is 0 Å². The van der Waals surface area contributed by atoms with Gasteiger partial charge in [0.25, 0.3) is 5.56 Å². The number of Topliss-reactive ketones (excluding diaryl/α,β-unsaturated/α-hetero) is 1. The van der Waals surface area contributed by atoms with Gasteiger partial charge < -0.3 is 9.30 Å². The summed E-state index contributed by atoms with van der Waals surface area (Å²) >= 11 is 12.5. The fourth-order valence-electron chi connectivity index (χ4n) is 4.48. The average Bonchev–Trinajstić information content (AvgIpc) is 3.34. The lowest BCUT2D eigenvalue weighted by atomic mass is 10.0. The molecule has 2 aromatic heterocycles. The van der Waals surface area contributed by atoms with Crippen LogP contribution in [0.1, 0.15) is 12.5 Å². The second-order valence-corrected chi connectivity index (χ2v) is 9.05. The zero-order chi connectivity index (χ0) is 25.0. The van der Waals surface area contributed by atoms with Gasteiger partial charge in [0.2, 0.25) is 5.78 Å². The van der Waals surface area contributed by atoms with Crippen molar-refractivity contribution in [2.24, 2.45) is 19.2 Å². The smallest absolute Gasteiger partial charge is 0.430 e. The molecule has 1 aliphatic heterocycles. The maximum Gasteiger partial charge on any atom is 0.430 e. The summed E-state index contributed by atoms with van der Waals surface area (Å²) in [6.45, 7) is 1.71. The van der Waals surface area contributed by atoms with Gasteiger partial charge >= 0.3 is 6.09 Å². The zero-order valence-electron chi connectivity index (χ0n) is 19.1. The first-order valence-corrected chi connectivity index (χ1v) is 11.6. The number of pyridine rings is 1. The number of rotatable bonds is 3. The van der Waals surface area contributed by atoms with E-state index in [4.69, 9.17) is 27.9 Å². The van der Waals surface area contributed by atoms with Gasteiger partial charge in [0.05, 0.1) is 17.1 Å². The van der Waals surface area contributed by atoms with Gasteiger partial charge in [-0.2, -0.15) is 10.1 Å². The van der Waals surface area contributed by atoms with Gasteiger partial charge in [-0.1, -0.05) is 35.3 Å². The Kier molecular flexibility index (Phi) is 5.65. The highest BCUT2D eigenvalue weighted by Gasteiger charge is 2.30. The molecule has 3 heterocycles. The molecule has 4 aromatic rings. The lowest BCUT2D eigenvalue weighted by Crippen LogP contribution is -2.27. The number of aromatic nitrogens is 2. The van der Waals surface area contributed by atoms with Crippen molar-refractivity contribution in [1.29, 1.82) is 0 Å². The molecule has 0 fully saturated rings. The summed E-state index contributed by atoms with van der Waals surface area (Å²) in [5.74, 6) is -0.279. The van der Waals surface area contributed by atoms with Crippen LogP contribution >= 0.6 is 23.2 Å². The molecule has 0 atom stereocenters. The third-order valence-electron chi connectivity index (χ3n) is 6.10. The van der Waals surface area contributed by atoms with Crippen molar-refractivity contribution >= 4 is 62.7 Å². The van der Waals surface area contributed by atoms with E-state index >= 15 is 0 Å². The summed E-state index contributed by atoms with van der Waals surface area (Å²) in [5, 5.41) is 7.71. The first kappa shape index (κ1) is 23.1. The van der Waals surface area contributed by atoms with Crippen molar-refractivity contribution in [3.05, 3.63) is 68.4 Å². The van der Waals surface area contributed by atoms with E-state index in [-0.39, 0.29) is 30.2 Å². The summed E-state index contributed by atoms with van der Waals surface area (Å²) in [7, 11) is 3.58. The molecule has 0 saturated heterocycles. The zero-order valence-corrected chi connectivity index (χ0v) is 20.6. The Bertz CT molecular complexity index is 1650. The number of amides is 1.